The molecule has 1 nitrogen and oxygen atoms in total. The largest absolute Gasteiger partial charge is 0.381 e. The molecule has 0 aliphatic rings. The highest BCUT2D eigenvalue weighted by Crippen LogP contribution is 2.32. The molecule has 2 rings (SSSR count). The number of benzene rings is 2. The number of nitrogens with one attached hydrogen (secondary N) is 1. The zero-order valence-electron chi connectivity index (χ0n) is 10.1. The van der Waals surface area contributed by atoms with Crippen molar-refractivity contribution in [2.75, 3.05) is 5.32 Å². The molecular weight excluding hydrogens is 415 g/mol. The maximum absolute atomic E-state index is 6.17. The van der Waals surface area contributed by atoms with Gasteiger partial charge in [-0.25, -0.2) is 0 Å². The maximum atomic E-state index is 6.17. The Labute approximate surface area is 141 Å². The van der Waals surface area contributed by atoms with Crippen LogP contribution in [0.5, 0.6) is 0 Å². The summed E-state index contributed by atoms with van der Waals surface area (Å²) in [5.41, 5.74) is 3.06. The first kappa shape index (κ1) is 15.2. The molecule has 2 aromatic carbocycles. The first-order chi connectivity index (χ1) is 8.99. The number of anilines is 1. The third-order valence-electron chi connectivity index (χ3n) is 2.78. The quantitative estimate of drug-likeness (QED) is 0.457. The van der Waals surface area contributed by atoms with E-state index in [1.807, 2.05) is 6.07 Å². The van der Waals surface area contributed by atoms with Crippen LogP contribution in [0, 0.1) is 10.5 Å². The normalized spacial score (nSPS) is 10.6. The van der Waals surface area contributed by atoms with E-state index in [1.54, 1.807) is 12.1 Å². The molecular formula is C14H11Cl3IN. The van der Waals surface area contributed by atoms with Gasteiger partial charge in [0, 0.05) is 26.4 Å². The Morgan fingerprint density at radius 1 is 1.05 bits per heavy atom. The molecule has 0 fully saturated rings. The van der Waals surface area contributed by atoms with E-state index >= 15 is 0 Å². The van der Waals surface area contributed by atoms with Crippen molar-refractivity contribution in [1.82, 2.24) is 0 Å². The van der Waals surface area contributed by atoms with Crippen LogP contribution in [0.2, 0.25) is 15.1 Å². The van der Waals surface area contributed by atoms with Crippen molar-refractivity contribution >= 4 is 63.1 Å². The summed E-state index contributed by atoms with van der Waals surface area (Å²) in [6.07, 6.45) is 0. The zero-order chi connectivity index (χ0) is 14.0. The molecule has 0 amide bonds. The van der Waals surface area contributed by atoms with E-state index in [1.165, 1.54) is 9.13 Å². The van der Waals surface area contributed by atoms with Crippen molar-refractivity contribution in [3.05, 3.63) is 60.1 Å². The third-order valence-corrected chi connectivity index (χ3v) is 4.65. The minimum Gasteiger partial charge on any atom is -0.381 e. The van der Waals surface area contributed by atoms with Crippen LogP contribution >= 0.6 is 57.4 Å². The molecule has 0 heterocycles. The fourth-order valence-corrected chi connectivity index (χ4v) is 3.07. The Morgan fingerprint density at radius 3 is 2.42 bits per heavy atom. The maximum Gasteiger partial charge on any atom is 0.0657 e. The van der Waals surface area contributed by atoms with Gasteiger partial charge < -0.3 is 5.32 Å². The van der Waals surface area contributed by atoms with Crippen molar-refractivity contribution < 1.29 is 0 Å². The molecule has 0 bridgehead atoms. The van der Waals surface area contributed by atoms with Crippen LogP contribution in [0.1, 0.15) is 11.1 Å². The lowest BCUT2D eigenvalue weighted by Gasteiger charge is -2.13. The molecule has 0 atom stereocenters. The first-order valence-corrected chi connectivity index (χ1v) is 7.82. The molecule has 100 valence electrons. The number of aryl methyl sites for hydroxylation is 1. The summed E-state index contributed by atoms with van der Waals surface area (Å²) >= 11 is 20.6. The summed E-state index contributed by atoms with van der Waals surface area (Å²) in [6.45, 7) is 2.60. The second kappa shape index (κ2) is 6.53. The first-order valence-electron chi connectivity index (χ1n) is 5.61. The molecule has 0 unspecified atom stereocenters. The van der Waals surface area contributed by atoms with Crippen molar-refractivity contribution in [2.24, 2.45) is 0 Å². The zero-order valence-corrected chi connectivity index (χ0v) is 14.5. The lowest BCUT2D eigenvalue weighted by atomic mass is 10.1. The van der Waals surface area contributed by atoms with Crippen LogP contribution in [0.25, 0.3) is 0 Å². The van der Waals surface area contributed by atoms with Gasteiger partial charge in [0.15, 0.2) is 0 Å². The van der Waals surface area contributed by atoms with Crippen molar-refractivity contribution in [3.63, 3.8) is 0 Å². The second-order valence-corrected chi connectivity index (χ2v) is 6.57. The molecule has 5 heteroatoms. The van der Waals surface area contributed by atoms with Gasteiger partial charge in [-0.15, -0.1) is 0 Å². The van der Waals surface area contributed by atoms with Crippen molar-refractivity contribution in [3.8, 4) is 0 Å². The predicted molar refractivity (Wildman–Crippen MR) is 92.7 cm³/mol. The fourth-order valence-electron chi connectivity index (χ4n) is 1.74. The van der Waals surface area contributed by atoms with Gasteiger partial charge >= 0.3 is 0 Å². The van der Waals surface area contributed by atoms with Crippen molar-refractivity contribution in [2.45, 2.75) is 13.5 Å². The van der Waals surface area contributed by atoms with Gasteiger partial charge in [0.2, 0.25) is 0 Å². The van der Waals surface area contributed by atoms with E-state index in [0.717, 1.165) is 11.3 Å². The van der Waals surface area contributed by atoms with E-state index in [2.05, 4.69) is 47.0 Å². The average molecular weight is 427 g/mol. The van der Waals surface area contributed by atoms with Crippen molar-refractivity contribution in [1.29, 1.82) is 0 Å². The fraction of sp³-hybridized carbons (Fsp3) is 0.143. The number of rotatable bonds is 3. The van der Waals surface area contributed by atoms with Gasteiger partial charge in [-0.1, -0.05) is 34.8 Å². The van der Waals surface area contributed by atoms with Crippen LogP contribution in [-0.4, -0.2) is 0 Å². The smallest absolute Gasteiger partial charge is 0.0657 e. The van der Waals surface area contributed by atoms with Gasteiger partial charge in [-0.3, -0.25) is 0 Å². The molecule has 0 radical (unpaired) electrons. The van der Waals surface area contributed by atoms with Crippen LogP contribution in [0.15, 0.2) is 30.3 Å². The number of halogens is 4. The van der Waals surface area contributed by atoms with Crippen LogP contribution in [-0.2, 0) is 6.54 Å². The Kier molecular flexibility index (Phi) is 5.23. The van der Waals surface area contributed by atoms with E-state index in [4.69, 9.17) is 34.8 Å². The summed E-state index contributed by atoms with van der Waals surface area (Å²) in [5, 5.41) is 4.97. The van der Waals surface area contributed by atoms with Gasteiger partial charge in [-0.2, -0.15) is 0 Å². The topological polar surface area (TPSA) is 12.0 Å². The van der Waals surface area contributed by atoms with E-state index in [-0.39, 0.29) is 0 Å². The monoisotopic (exact) mass is 425 g/mol. The summed E-state index contributed by atoms with van der Waals surface area (Å²) in [5.74, 6) is 0. The lowest BCUT2D eigenvalue weighted by molar-refractivity contribution is 1.14. The standard InChI is InChI=1S/C14H11Cl3IN/c1-8-6-9(18)2-5-13(8)19-7-10-11(15)3-4-12(16)14(10)17/h2-6,19H,7H2,1H3. The lowest BCUT2D eigenvalue weighted by Crippen LogP contribution is -2.02. The minimum atomic E-state index is 0.504. The number of hydrogen-bond acceptors (Lipinski definition) is 1. The third kappa shape index (κ3) is 3.69. The van der Waals surface area contributed by atoms with E-state index in [0.29, 0.717) is 21.6 Å². The molecule has 19 heavy (non-hydrogen) atoms. The second-order valence-electron chi connectivity index (χ2n) is 4.13. The van der Waals surface area contributed by atoms with Gasteiger partial charge in [-0.05, 0) is 65.4 Å². The molecule has 1 N–H and O–H groups in total. The Morgan fingerprint density at radius 2 is 1.74 bits per heavy atom. The minimum absolute atomic E-state index is 0.504. The molecule has 0 aromatic heterocycles. The van der Waals surface area contributed by atoms with Gasteiger partial charge in [0.1, 0.15) is 0 Å². The molecule has 2 aromatic rings. The van der Waals surface area contributed by atoms with Gasteiger partial charge in [0.25, 0.3) is 0 Å². The molecule has 0 saturated heterocycles. The van der Waals surface area contributed by atoms with Crippen LogP contribution in [0.3, 0.4) is 0 Å². The highest BCUT2D eigenvalue weighted by Gasteiger charge is 2.09. The van der Waals surface area contributed by atoms with E-state index in [9.17, 15) is 0 Å². The summed E-state index contributed by atoms with van der Waals surface area (Å²) in [4.78, 5) is 0. The Balaban J connectivity index is 2.21. The predicted octanol–water partition coefficient (Wildman–Crippen LogP) is 6.17. The highest BCUT2D eigenvalue weighted by atomic mass is 127. The number of hydrogen-bond donors (Lipinski definition) is 1. The highest BCUT2D eigenvalue weighted by molar-refractivity contribution is 14.1. The average Bonchev–Trinajstić information content (AvgIpc) is 2.36. The summed E-state index contributed by atoms with van der Waals surface area (Å²) < 4.78 is 1.21. The Bertz CT molecular complexity index is 614. The van der Waals surface area contributed by atoms with Crippen LogP contribution in [0.4, 0.5) is 5.69 Å². The Hall–Kier alpha value is -0.160. The molecule has 0 spiro atoms. The molecule has 0 aliphatic heterocycles. The molecule has 0 aliphatic carbocycles. The van der Waals surface area contributed by atoms with Gasteiger partial charge in [0.05, 0.1) is 10.0 Å². The molecule has 0 saturated carbocycles. The summed E-state index contributed by atoms with van der Waals surface area (Å²) in [6, 6.07) is 9.67. The van der Waals surface area contributed by atoms with Crippen LogP contribution < -0.4 is 5.32 Å². The summed E-state index contributed by atoms with van der Waals surface area (Å²) in [7, 11) is 0. The SMILES string of the molecule is Cc1cc(I)ccc1NCc1c(Cl)ccc(Cl)c1Cl. The van der Waals surface area contributed by atoms with E-state index < -0.39 is 0 Å².